The van der Waals surface area contributed by atoms with Crippen molar-refractivity contribution >= 4 is 11.8 Å². The Balaban J connectivity index is 1.13. The van der Waals surface area contributed by atoms with Crippen molar-refractivity contribution in [3.05, 3.63) is 17.5 Å². The molecule has 2 aliphatic heterocycles. The number of halogens is 2. The van der Waals surface area contributed by atoms with Crippen molar-refractivity contribution in [3.63, 3.8) is 0 Å². The van der Waals surface area contributed by atoms with Gasteiger partial charge in [0.05, 0.1) is 5.69 Å². The molecule has 0 radical (unpaired) electrons. The van der Waals surface area contributed by atoms with Gasteiger partial charge < -0.3 is 0 Å². The molecule has 0 aromatic carbocycles. The van der Waals surface area contributed by atoms with Gasteiger partial charge in [-0.3, -0.25) is 9.58 Å². The van der Waals surface area contributed by atoms with Crippen LogP contribution in [-0.2, 0) is 0 Å². The van der Waals surface area contributed by atoms with E-state index in [-0.39, 0.29) is 18.8 Å². The molecule has 2 saturated heterocycles. The first kappa shape index (κ1) is 20.0. The van der Waals surface area contributed by atoms with Crippen LogP contribution in [0.3, 0.4) is 0 Å². The molecule has 6 rings (SSSR count). The largest absolute Gasteiger partial charge is 0.300 e. The van der Waals surface area contributed by atoms with Crippen LogP contribution in [0.5, 0.6) is 0 Å². The predicted octanol–water partition coefficient (Wildman–Crippen LogP) is 5.69. The topological polar surface area (TPSA) is 21.1 Å². The summed E-state index contributed by atoms with van der Waals surface area (Å²) in [6, 6.07) is 3.45. The fraction of sp³-hybridized carbons (Fsp3) is 0.875. The molecular weight excluding hydrogens is 400 g/mol. The van der Waals surface area contributed by atoms with Gasteiger partial charge in [-0.2, -0.15) is 16.9 Å². The zero-order valence-electron chi connectivity index (χ0n) is 18.3. The van der Waals surface area contributed by atoms with E-state index in [4.69, 9.17) is 5.10 Å². The molecular formula is C24H35F2N3S. The maximum Gasteiger partial charge on any atom is 0.248 e. The zero-order chi connectivity index (χ0) is 20.7. The minimum absolute atomic E-state index is 0.0216. The number of nitrogens with zero attached hydrogens (tertiary/aromatic N) is 3. The first-order valence-electron chi connectivity index (χ1n) is 12.1. The summed E-state index contributed by atoms with van der Waals surface area (Å²) in [4.78, 5) is 2.82. The Morgan fingerprint density at radius 3 is 2.37 bits per heavy atom. The van der Waals surface area contributed by atoms with E-state index in [1.807, 2.05) is 0 Å². The minimum Gasteiger partial charge on any atom is -0.300 e. The summed E-state index contributed by atoms with van der Waals surface area (Å²) >= 11 is 2.12. The summed E-state index contributed by atoms with van der Waals surface area (Å²) in [5.41, 5.74) is 3.15. The van der Waals surface area contributed by atoms with E-state index in [1.54, 1.807) is 0 Å². The average Bonchev–Trinajstić information content (AvgIpc) is 3.14. The minimum atomic E-state index is -2.46. The van der Waals surface area contributed by atoms with Gasteiger partial charge in [-0.1, -0.05) is 0 Å². The van der Waals surface area contributed by atoms with Crippen molar-refractivity contribution in [3.8, 4) is 0 Å². The van der Waals surface area contributed by atoms with Gasteiger partial charge in [0.2, 0.25) is 5.92 Å². The van der Waals surface area contributed by atoms with E-state index in [2.05, 4.69) is 41.3 Å². The van der Waals surface area contributed by atoms with Crippen molar-refractivity contribution in [2.24, 2.45) is 17.3 Å². The lowest BCUT2D eigenvalue weighted by Crippen LogP contribution is -2.41. The second-order valence-electron chi connectivity index (χ2n) is 11.4. The standard InChI is InChI=1S/C24H35F2N3S/c1-15(2)29-21(11-20(27-29)16-3-5-24(25,26)6-4-16)22-18-9-17(10-19(18)22)28-8-7-23(12-28)13-30-14-23/h11,15-19,22H,3-10,12-14H2,1-2H3/t17?,18-,19?,22?/m0/s1. The first-order valence-corrected chi connectivity index (χ1v) is 13.3. The number of thioether (sulfide) groups is 1. The number of alkyl halides is 2. The summed E-state index contributed by atoms with van der Waals surface area (Å²) in [5, 5.41) is 4.96. The van der Waals surface area contributed by atoms with Crippen LogP contribution in [-0.4, -0.2) is 51.2 Å². The molecule has 3 nitrogen and oxygen atoms in total. The Bertz CT molecular complexity index is 795. The van der Waals surface area contributed by atoms with Gasteiger partial charge in [-0.15, -0.1) is 0 Å². The molecule has 0 amide bonds. The molecule has 5 fully saturated rings. The molecule has 4 atom stereocenters. The molecule has 166 valence electrons. The number of fused-ring (bicyclic) bond motifs is 1. The van der Waals surface area contributed by atoms with Gasteiger partial charge in [0, 0.05) is 65.9 Å². The van der Waals surface area contributed by atoms with Crippen LogP contribution in [0.2, 0.25) is 0 Å². The third-order valence-corrected chi connectivity index (χ3v) is 10.6. The summed E-state index contributed by atoms with van der Waals surface area (Å²) in [6.45, 7) is 7.07. The van der Waals surface area contributed by atoms with Crippen LogP contribution >= 0.6 is 11.8 Å². The Kier molecular flexibility index (Phi) is 4.63. The molecule has 0 bridgehead atoms. The van der Waals surface area contributed by atoms with Gasteiger partial charge in [0.25, 0.3) is 0 Å². The smallest absolute Gasteiger partial charge is 0.248 e. The van der Waals surface area contributed by atoms with Crippen LogP contribution in [0.4, 0.5) is 8.78 Å². The number of rotatable bonds is 4. The average molecular weight is 436 g/mol. The van der Waals surface area contributed by atoms with Crippen LogP contribution in [0.25, 0.3) is 0 Å². The lowest BCUT2D eigenvalue weighted by atomic mass is 9.84. The van der Waals surface area contributed by atoms with Crippen molar-refractivity contribution < 1.29 is 8.78 Å². The molecule has 3 unspecified atom stereocenters. The highest BCUT2D eigenvalue weighted by Crippen LogP contribution is 2.65. The van der Waals surface area contributed by atoms with Gasteiger partial charge in [0.1, 0.15) is 0 Å². The molecule has 1 aromatic heterocycles. The van der Waals surface area contributed by atoms with Crippen LogP contribution in [0.1, 0.15) is 88.1 Å². The molecule has 3 saturated carbocycles. The zero-order valence-corrected chi connectivity index (χ0v) is 19.1. The van der Waals surface area contributed by atoms with Crippen molar-refractivity contribution in [1.82, 2.24) is 14.7 Å². The third-order valence-electron chi connectivity index (χ3n) is 8.97. The summed E-state index contributed by atoms with van der Waals surface area (Å²) < 4.78 is 29.5. The van der Waals surface area contributed by atoms with E-state index in [1.165, 1.54) is 49.6 Å². The van der Waals surface area contributed by atoms with E-state index < -0.39 is 5.92 Å². The summed E-state index contributed by atoms with van der Waals surface area (Å²) in [5.74, 6) is 2.82. The predicted molar refractivity (Wildman–Crippen MR) is 117 cm³/mol. The van der Waals surface area contributed by atoms with E-state index in [9.17, 15) is 8.78 Å². The molecule has 1 spiro atoms. The van der Waals surface area contributed by atoms with Crippen molar-refractivity contribution in [2.45, 2.75) is 88.6 Å². The molecule has 30 heavy (non-hydrogen) atoms. The fourth-order valence-corrected chi connectivity index (χ4v) is 8.34. The van der Waals surface area contributed by atoms with Crippen molar-refractivity contribution in [2.75, 3.05) is 24.6 Å². The molecule has 6 heteroatoms. The summed E-state index contributed by atoms with van der Waals surface area (Å²) in [6.07, 6.45) is 5.33. The van der Waals surface area contributed by atoms with Crippen molar-refractivity contribution in [1.29, 1.82) is 0 Å². The molecule has 3 aliphatic carbocycles. The Hall–Kier alpha value is -0.620. The van der Waals surface area contributed by atoms with Crippen LogP contribution < -0.4 is 0 Å². The molecule has 1 aromatic rings. The summed E-state index contributed by atoms with van der Waals surface area (Å²) in [7, 11) is 0. The highest BCUT2D eigenvalue weighted by Gasteiger charge is 2.60. The second kappa shape index (κ2) is 6.94. The number of hydrogen-bond acceptors (Lipinski definition) is 3. The monoisotopic (exact) mass is 435 g/mol. The quantitative estimate of drug-likeness (QED) is 0.606. The Morgan fingerprint density at radius 2 is 1.80 bits per heavy atom. The van der Waals surface area contributed by atoms with E-state index in [0.29, 0.717) is 30.2 Å². The van der Waals surface area contributed by atoms with Gasteiger partial charge in [-0.25, -0.2) is 8.78 Å². The lowest BCUT2D eigenvalue weighted by Gasteiger charge is -2.38. The SMILES string of the molecule is CC(C)n1nc(C2CCC(F)(F)CC2)cc1C1C2CC(N3CCC4(CSC4)C3)C[C@@H]21. The maximum atomic E-state index is 13.6. The molecule has 3 heterocycles. The van der Waals surface area contributed by atoms with Gasteiger partial charge in [-0.05, 0) is 70.4 Å². The van der Waals surface area contributed by atoms with Gasteiger partial charge >= 0.3 is 0 Å². The highest BCUT2D eigenvalue weighted by atomic mass is 32.2. The van der Waals surface area contributed by atoms with Crippen LogP contribution in [0, 0.1) is 17.3 Å². The normalized spacial score (nSPS) is 37.6. The first-order chi connectivity index (χ1) is 14.3. The lowest BCUT2D eigenvalue weighted by molar-refractivity contribution is -0.0385. The maximum absolute atomic E-state index is 13.6. The number of aromatic nitrogens is 2. The fourth-order valence-electron chi connectivity index (χ4n) is 7.08. The molecule has 0 N–H and O–H groups in total. The van der Waals surface area contributed by atoms with E-state index in [0.717, 1.165) is 23.6 Å². The Labute approximate surface area is 183 Å². The highest BCUT2D eigenvalue weighted by molar-refractivity contribution is 8.00. The number of likely N-dealkylation sites (tertiary alicyclic amines) is 1. The van der Waals surface area contributed by atoms with E-state index >= 15 is 0 Å². The third kappa shape index (κ3) is 3.27. The Morgan fingerprint density at radius 1 is 1.10 bits per heavy atom. The molecule has 5 aliphatic rings. The van der Waals surface area contributed by atoms with Gasteiger partial charge in [0.15, 0.2) is 0 Å². The number of hydrogen-bond donors (Lipinski definition) is 0. The van der Waals surface area contributed by atoms with Crippen LogP contribution in [0.15, 0.2) is 6.07 Å². The second-order valence-corrected chi connectivity index (χ2v) is 12.3.